The van der Waals surface area contributed by atoms with Gasteiger partial charge in [-0.3, -0.25) is 4.72 Å². The van der Waals surface area contributed by atoms with Crippen LogP contribution in [0.4, 0.5) is 18.9 Å². The molecule has 0 aliphatic heterocycles. The summed E-state index contributed by atoms with van der Waals surface area (Å²) in [5.41, 5.74) is -1.47. The third-order valence-corrected chi connectivity index (χ3v) is 5.55. The summed E-state index contributed by atoms with van der Waals surface area (Å²) in [5, 5.41) is 0. The molecule has 0 saturated carbocycles. The third-order valence-electron chi connectivity index (χ3n) is 3.00. The Labute approximate surface area is 137 Å². The average Bonchev–Trinajstić information content (AvgIpc) is 2.45. The highest BCUT2D eigenvalue weighted by Gasteiger charge is 2.36. The van der Waals surface area contributed by atoms with Gasteiger partial charge in [0.05, 0.1) is 21.0 Å². The zero-order valence-electron chi connectivity index (χ0n) is 12.2. The highest BCUT2D eigenvalue weighted by atomic mass is 32.2. The molecule has 2 aromatic carbocycles. The summed E-state index contributed by atoms with van der Waals surface area (Å²) in [6, 6.07) is 8.52. The molecule has 0 aromatic heterocycles. The van der Waals surface area contributed by atoms with Gasteiger partial charge in [-0.05, 0) is 30.3 Å². The van der Waals surface area contributed by atoms with Gasteiger partial charge in [0.25, 0.3) is 10.0 Å². The molecule has 1 N–H and O–H groups in total. The zero-order valence-corrected chi connectivity index (χ0v) is 13.8. The van der Waals surface area contributed by atoms with Crippen molar-refractivity contribution in [3.05, 3.63) is 54.1 Å². The van der Waals surface area contributed by atoms with E-state index in [0.717, 1.165) is 30.5 Å². The van der Waals surface area contributed by atoms with E-state index >= 15 is 0 Å². The quantitative estimate of drug-likeness (QED) is 0.886. The van der Waals surface area contributed by atoms with Crippen LogP contribution >= 0.6 is 0 Å². The Morgan fingerprint density at radius 1 is 0.917 bits per heavy atom. The minimum absolute atomic E-state index is 0.157. The summed E-state index contributed by atoms with van der Waals surface area (Å²) in [6.07, 6.45) is -3.92. The molecule has 2 rings (SSSR count). The maximum atomic E-state index is 13.0. The number of rotatable bonds is 4. The standard InChI is InChI=1S/C14H12F3NO4S2/c1-23(19,20)11-6-4-5-10(9-11)18-24(21,22)13-8-3-2-7-12(13)14(15,16)17/h2-9,18H,1H3. The molecule has 24 heavy (non-hydrogen) atoms. The summed E-state index contributed by atoms with van der Waals surface area (Å²) in [4.78, 5) is -1.10. The lowest BCUT2D eigenvalue weighted by Crippen LogP contribution is -2.19. The van der Waals surface area contributed by atoms with E-state index < -0.39 is 36.5 Å². The van der Waals surface area contributed by atoms with Crippen LogP contribution in [0.2, 0.25) is 0 Å². The number of hydrogen-bond donors (Lipinski definition) is 1. The minimum Gasteiger partial charge on any atom is -0.280 e. The number of sulfone groups is 1. The molecule has 0 atom stereocenters. The molecule has 0 amide bonds. The number of nitrogens with one attached hydrogen (secondary N) is 1. The topological polar surface area (TPSA) is 80.3 Å². The predicted octanol–water partition coefficient (Wildman–Crippen LogP) is 2.91. The molecule has 0 fully saturated rings. The van der Waals surface area contributed by atoms with Gasteiger partial charge in [0.2, 0.25) is 0 Å². The van der Waals surface area contributed by atoms with Crippen molar-refractivity contribution in [1.82, 2.24) is 0 Å². The number of anilines is 1. The van der Waals surface area contributed by atoms with Crippen LogP contribution in [-0.2, 0) is 26.0 Å². The van der Waals surface area contributed by atoms with E-state index in [9.17, 15) is 30.0 Å². The van der Waals surface area contributed by atoms with Crippen molar-refractivity contribution in [2.75, 3.05) is 11.0 Å². The lowest BCUT2D eigenvalue weighted by molar-refractivity contribution is -0.139. The van der Waals surface area contributed by atoms with Gasteiger partial charge in [0, 0.05) is 6.26 Å². The number of hydrogen-bond acceptors (Lipinski definition) is 4. The molecule has 2 aromatic rings. The van der Waals surface area contributed by atoms with Crippen molar-refractivity contribution < 1.29 is 30.0 Å². The number of sulfonamides is 1. The van der Waals surface area contributed by atoms with E-state index in [1.165, 1.54) is 18.2 Å². The third kappa shape index (κ3) is 4.06. The van der Waals surface area contributed by atoms with Crippen LogP contribution in [0.25, 0.3) is 0 Å². The van der Waals surface area contributed by atoms with Crippen molar-refractivity contribution in [2.45, 2.75) is 16.0 Å². The van der Waals surface area contributed by atoms with Gasteiger partial charge < -0.3 is 0 Å². The summed E-state index contributed by atoms with van der Waals surface area (Å²) in [6.45, 7) is 0. The second-order valence-corrected chi connectivity index (χ2v) is 8.57. The van der Waals surface area contributed by atoms with Gasteiger partial charge in [0.1, 0.15) is 0 Å². The van der Waals surface area contributed by atoms with Crippen LogP contribution < -0.4 is 4.72 Å². The Bertz CT molecular complexity index is 968. The van der Waals surface area contributed by atoms with E-state index in [1.54, 1.807) is 0 Å². The van der Waals surface area contributed by atoms with Gasteiger partial charge in [-0.25, -0.2) is 16.8 Å². The summed E-state index contributed by atoms with van der Waals surface area (Å²) < 4.78 is 88.4. The van der Waals surface area contributed by atoms with Gasteiger partial charge in [-0.2, -0.15) is 13.2 Å². The maximum Gasteiger partial charge on any atom is 0.417 e. The molecule has 0 saturated heterocycles. The fourth-order valence-corrected chi connectivity index (χ4v) is 3.88. The van der Waals surface area contributed by atoms with E-state index in [-0.39, 0.29) is 10.6 Å². The first kappa shape index (κ1) is 18.3. The number of alkyl halides is 3. The molecule has 0 unspecified atom stereocenters. The maximum absolute atomic E-state index is 13.0. The van der Waals surface area contributed by atoms with Crippen LogP contribution in [0.5, 0.6) is 0 Å². The smallest absolute Gasteiger partial charge is 0.280 e. The van der Waals surface area contributed by atoms with E-state index in [1.807, 2.05) is 4.72 Å². The van der Waals surface area contributed by atoms with Gasteiger partial charge in [-0.1, -0.05) is 18.2 Å². The largest absolute Gasteiger partial charge is 0.417 e. The monoisotopic (exact) mass is 379 g/mol. The lowest BCUT2D eigenvalue weighted by Gasteiger charge is -2.14. The second-order valence-electron chi connectivity index (χ2n) is 4.90. The van der Waals surface area contributed by atoms with Crippen LogP contribution in [0, 0.1) is 0 Å². The molecular weight excluding hydrogens is 367 g/mol. The fraction of sp³-hybridized carbons (Fsp3) is 0.143. The summed E-state index contributed by atoms with van der Waals surface area (Å²) in [7, 11) is -8.15. The molecule has 0 heterocycles. The van der Waals surface area contributed by atoms with Gasteiger partial charge >= 0.3 is 6.18 Å². The summed E-state index contributed by atoms with van der Waals surface area (Å²) >= 11 is 0. The van der Waals surface area contributed by atoms with Crippen molar-refractivity contribution in [2.24, 2.45) is 0 Å². The molecule has 0 bridgehead atoms. The van der Waals surface area contributed by atoms with Crippen LogP contribution in [0.1, 0.15) is 5.56 Å². The van der Waals surface area contributed by atoms with E-state index in [0.29, 0.717) is 6.07 Å². The number of benzene rings is 2. The first-order valence-corrected chi connectivity index (χ1v) is 9.78. The van der Waals surface area contributed by atoms with E-state index in [2.05, 4.69) is 0 Å². The predicted molar refractivity (Wildman–Crippen MR) is 81.8 cm³/mol. The van der Waals surface area contributed by atoms with E-state index in [4.69, 9.17) is 0 Å². The molecule has 10 heteroatoms. The molecule has 0 radical (unpaired) electrons. The fourth-order valence-electron chi connectivity index (χ4n) is 1.94. The Morgan fingerprint density at radius 2 is 1.54 bits per heavy atom. The Hall–Kier alpha value is -2.07. The Balaban J connectivity index is 2.48. The van der Waals surface area contributed by atoms with Crippen LogP contribution in [0.3, 0.4) is 0 Å². The first-order valence-electron chi connectivity index (χ1n) is 6.40. The van der Waals surface area contributed by atoms with Crippen molar-refractivity contribution in [1.29, 1.82) is 0 Å². The Kier molecular flexibility index (Phi) is 4.64. The molecular formula is C14H12F3NO4S2. The van der Waals surface area contributed by atoms with Gasteiger partial charge in [-0.15, -0.1) is 0 Å². The highest BCUT2D eigenvalue weighted by molar-refractivity contribution is 7.92. The first-order chi connectivity index (χ1) is 10.9. The highest BCUT2D eigenvalue weighted by Crippen LogP contribution is 2.34. The minimum atomic E-state index is -4.85. The second kappa shape index (κ2) is 6.10. The van der Waals surface area contributed by atoms with Gasteiger partial charge in [0.15, 0.2) is 9.84 Å². The van der Waals surface area contributed by atoms with Crippen molar-refractivity contribution >= 4 is 25.5 Å². The summed E-state index contributed by atoms with van der Waals surface area (Å²) in [5.74, 6) is 0. The molecule has 130 valence electrons. The van der Waals surface area contributed by atoms with Crippen LogP contribution in [0.15, 0.2) is 58.3 Å². The SMILES string of the molecule is CS(=O)(=O)c1cccc(NS(=O)(=O)c2ccccc2C(F)(F)F)c1. The van der Waals surface area contributed by atoms with Crippen LogP contribution in [-0.4, -0.2) is 23.1 Å². The zero-order chi connectivity index (χ0) is 18.2. The number of halogens is 3. The van der Waals surface area contributed by atoms with Crippen molar-refractivity contribution in [3.8, 4) is 0 Å². The normalized spacial score (nSPS) is 12.8. The molecule has 0 spiro atoms. The van der Waals surface area contributed by atoms with Crippen molar-refractivity contribution in [3.63, 3.8) is 0 Å². The molecule has 5 nitrogen and oxygen atoms in total. The average molecular weight is 379 g/mol. The molecule has 0 aliphatic rings. The lowest BCUT2D eigenvalue weighted by atomic mass is 10.2. The molecule has 0 aliphatic carbocycles. The Morgan fingerprint density at radius 3 is 2.12 bits per heavy atom.